The Morgan fingerprint density at radius 1 is 0.968 bits per heavy atom. The van der Waals surface area contributed by atoms with Gasteiger partial charge in [-0.2, -0.15) is 0 Å². The summed E-state index contributed by atoms with van der Waals surface area (Å²) in [5, 5.41) is 17.7. The van der Waals surface area contributed by atoms with Gasteiger partial charge in [-0.1, -0.05) is 36.4 Å². The number of ether oxygens (including phenoxy) is 1. The number of hydrogen-bond donors (Lipinski definition) is 2. The third-order valence-electron chi connectivity index (χ3n) is 7.53. The number of amides is 1. The minimum absolute atomic E-state index is 0.000179. The van der Waals surface area contributed by atoms with Crippen molar-refractivity contribution in [3.05, 3.63) is 59.7 Å². The van der Waals surface area contributed by atoms with E-state index in [-0.39, 0.29) is 30.9 Å². The zero-order valence-corrected chi connectivity index (χ0v) is 16.6. The zero-order valence-electron chi connectivity index (χ0n) is 16.6. The fraction of sp³-hybridized carbons (Fsp3) is 0.240. The minimum atomic E-state index is -0.234. The average molecular weight is 409 g/mol. The van der Waals surface area contributed by atoms with Gasteiger partial charge in [0, 0.05) is 40.4 Å². The summed E-state index contributed by atoms with van der Waals surface area (Å²) in [7, 11) is 0. The third kappa shape index (κ3) is 1.70. The minimum Gasteiger partial charge on any atom is -0.396 e. The first-order valence-electron chi connectivity index (χ1n) is 10.8. The maximum atomic E-state index is 13.1. The molecule has 2 N–H and O–H groups in total. The summed E-state index contributed by atoms with van der Waals surface area (Å²) in [6, 6.07) is 16.7. The van der Waals surface area contributed by atoms with Gasteiger partial charge in [-0.15, -0.1) is 0 Å². The Balaban J connectivity index is 1.76. The molecule has 6 nitrogen and oxygen atoms in total. The van der Waals surface area contributed by atoms with E-state index in [1.807, 2.05) is 18.2 Å². The highest BCUT2D eigenvalue weighted by molar-refractivity contribution is 6.30. The van der Waals surface area contributed by atoms with Crippen molar-refractivity contribution < 1.29 is 14.6 Å². The first-order valence-corrected chi connectivity index (χ1v) is 10.8. The van der Waals surface area contributed by atoms with Crippen molar-refractivity contribution in [3.8, 4) is 0 Å². The van der Waals surface area contributed by atoms with Crippen molar-refractivity contribution in [2.75, 3.05) is 6.61 Å². The van der Waals surface area contributed by atoms with E-state index in [1.165, 1.54) is 0 Å². The largest absolute Gasteiger partial charge is 0.396 e. The molecule has 2 bridgehead atoms. The second-order valence-corrected chi connectivity index (χ2v) is 8.92. The number of carbonyl (C=O) groups is 1. The molecule has 8 rings (SSSR count). The standard InChI is InChI=1S/C25H19N3O3/c29-11-12-9-18-27-16-7-3-2-6-14(16)20-21-15(10-26-24(21)30)19-13-5-1-4-8-17(13)28(25(12)31-18)22(19)23(20)27/h1-8,12,18,25,29H,9-11H2,(H,26,30)/t12-,18?,25?/m0/s1. The molecule has 3 aromatic carbocycles. The molecule has 1 fully saturated rings. The molecule has 0 aliphatic carbocycles. The molecule has 3 aliphatic heterocycles. The monoisotopic (exact) mass is 409 g/mol. The van der Waals surface area contributed by atoms with E-state index in [0.717, 1.165) is 61.2 Å². The molecule has 3 atom stereocenters. The van der Waals surface area contributed by atoms with Crippen molar-refractivity contribution >= 4 is 49.5 Å². The van der Waals surface area contributed by atoms with Gasteiger partial charge in [-0.3, -0.25) is 4.79 Å². The molecule has 1 amide bonds. The van der Waals surface area contributed by atoms with Crippen LogP contribution in [0.25, 0.3) is 43.6 Å². The number of fused-ring (bicyclic) bond motifs is 13. The molecule has 5 heterocycles. The van der Waals surface area contributed by atoms with Gasteiger partial charge < -0.3 is 24.3 Å². The Bertz CT molecular complexity index is 1630. The fourth-order valence-electron chi connectivity index (χ4n) is 6.38. The first-order chi connectivity index (χ1) is 15.3. The molecule has 152 valence electrons. The normalized spacial score (nSPS) is 24.0. The Labute approximate surface area is 176 Å². The number of benzene rings is 3. The van der Waals surface area contributed by atoms with Crippen molar-refractivity contribution in [1.82, 2.24) is 14.5 Å². The van der Waals surface area contributed by atoms with Gasteiger partial charge in [-0.25, -0.2) is 0 Å². The summed E-state index contributed by atoms with van der Waals surface area (Å²) in [5.41, 5.74) is 6.24. The van der Waals surface area contributed by atoms with E-state index in [9.17, 15) is 9.90 Å². The van der Waals surface area contributed by atoms with Crippen LogP contribution in [0, 0.1) is 5.92 Å². The lowest BCUT2D eigenvalue weighted by atomic mass is 9.96. The van der Waals surface area contributed by atoms with Crippen LogP contribution in [0.1, 0.15) is 34.8 Å². The number of nitrogens with one attached hydrogen (secondary N) is 1. The van der Waals surface area contributed by atoms with Crippen LogP contribution in [0.3, 0.4) is 0 Å². The zero-order chi connectivity index (χ0) is 20.4. The summed E-state index contributed by atoms with van der Waals surface area (Å²) in [5.74, 6) is 0.0153. The number of para-hydroxylation sites is 2. The molecule has 6 heteroatoms. The predicted octanol–water partition coefficient (Wildman–Crippen LogP) is 4.19. The number of hydrogen-bond acceptors (Lipinski definition) is 3. The second kappa shape index (κ2) is 5.28. The van der Waals surface area contributed by atoms with Gasteiger partial charge in [0.05, 0.1) is 34.2 Å². The van der Waals surface area contributed by atoms with E-state index in [1.54, 1.807) is 0 Å². The van der Waals surface area contributed by atoms with E-state index in [2.05, 4.69) is 44.8 Å². The van der Waals surface area contributed by atoms with Crippen LogP contribution >= 0.6 is 0 Å². The summed E-state index contributed by atoms with van der Waals surface area (Å²) < 4.78 is 11.2. The van der Waals surface area contributed by atoms with Crippen LogP contribution in [0.4, 0.5) is 0 Å². The highest BCUT2D eigenvalue weighted by Crippen LogP contribution is 2.53. The van der Waals surface area contributed by atoms with E-state index in [4.69, 9.17) is 4.74 Å². The van der Waals surface area contributed by atoms with E-state index >= 15 is 0 Å². The lowest BCUT2D eigenvalue weighted by Gasteiger charge is -2.20. The highest BCUT2D eigenvalue weighted by atomic mass is 16.5. The molecule has 3 aliphatic rings. The molecular weight excluding hydrogens is 390 g/mol. The Hall–Kier alpha value is -3.35. The molecule has 2 unspecified atom stereocenters. The summed E-state index contributed by atoms with van der Waals surface area (Å²) in [6.07, 6.45) is 0.336. The summed E-state index contributed by atoms with van der Waals surface area (Å²) in [4.78, 5) is 13.1. The van der Waals surface area contributed by atoms with Crippen LogP contribution in [0.5, 0.6) is 0 Å². The van der Waals surface area contributed by atoms with Gasteiger partial charge in [0.25, 0.3) is 5.91 Å². The van der Waals surface area contributed by atoms with Crippen LogP contribution < -0.4 is 5.32 Å². The number of aliphatic hydroxyl groups excluding tert-OH is 1. The maximum Gasteiger partial charge on any atom is 0.252 e. The van der Waals surface area contributed by atoms with Gasteiger partial charge in [0.1, 0.15) is 12.5 Å². The fourth-order valence-corrected chi connectivity index (χ4v) is 6.38. The Kier molecular flexibility index (Phi) is 2.78. The topological polar surface area (TPSA) is 68.4 Å². The first kappa shape index (κ1) is 16.4. The molecule has 0 saturated carbocycles. The molecular formula is C25H19N3O3. The van der Waals surface area contributed by atoms with Gasteiger partial charge in [0.2, 0.25) is 0 Å². The van der Waals surface area contributed by atoms with Crippen LogP contribution in [-0.2, 0) is 11.3 Å². The molecule has 31 heavy (non-hydrogen) atoms. The quantitative estimate of drug-likeness (QED) is 0.436. The number of aromatic nitrogens is 2. The average Bonchev–Trinajstić information content (AvgIpc) is 3.51. The second-order valence-electron chi connectivity index (χ2n) is 8.92. The van der Waals surface area contributed by atoms with Gasteiger partial charge in [0.15, 0.2) is 0 Å². The van der Waals surface area contributed by atoms with Gasteiger partial charge in [-0.05, 0) is 17.7 Å². The third-order valence-corrected chi connectivity index (χ3v) is 7.53. The Morgan fingerprint density at radius 2 is 1.65 bits per heavy atom. The molecule has 2 aromatic heterocycles. The molecule has 0 radical (unpaired) electrons. The van der Waals surface area contributed by atoms with Crippen LogP contribution in [0.15, 0.2) is 48.5 Å². The number of nitrogens with zero attached hydrogens (tertiary/aromatic N) is 2. The van der Waals surface area contributed by atoms with Crippen LogP contribution in [0.2, 0.25) is 0 Å². The van der Waals surface area contributed by atoms with Gasteiger partial charge >= 0.3 is 0 Å². The van der Waals surface area contributed by atoms with Crippen molar-refractivity contribution in [2.45, 2.75) is 25.4 Å². The lowest BCUT2D eigenvalue weighted by Crippen LogP contribution is -2.18. The maximum absolute atomic E-state index is 13.1. The number of carbonyl (C=O) groups excluding carboxylic acids is 1. The number of rotatable bonds is 1. The van der Waals surface area contributed by atoms with Crippen molar-refractivity contribution in [3.63, 3.8) is 0 Å². The molecule has 1 saturated heterocycles. The SMILES string of the molecule is O=C1NCc2c1c1c3ccccc3n3c1c1c2c2ccccc2n1C1OC3C[C@H]1CO. The van der Waals surface area contributed by atoms with Crippen LogP contribution in [-0.4, -0.2) is 26.8 Å². The van der Waals surface area contributed by atoms with E-state index < -0.39 is 0 Å². The summed E-state index contributed by atoms with van der Waals surface area (Å²) >= 11 is 0. The number of aliphatic hydroxyl groups is 1. The molecule has 0 spiro atoms. The summed E-state index contributed by atoms with van der Waals surface area (Å²) in [6.45, 7) is 0.615. The lowest BCUT2D eigenvalue weighted by molar-refractivity contribution is -0.0385. The molecule has 5 aromatic rings. The van der Waals surface area contributed by atoms with Crippen molar-refractivity contribution in [1.29, 1.82) is 0 Å². The Morgan fingerprint density at radius 3 is 2.42 bits per heavy atom. The van der Waals surface area contributed by atoms with E-state index in [0.29, 0.717) is 6.54 Å². The smallest absolute Gasteiger partial charge is 0.252 e. The highest BCUT2D eigenvalue weighted by Gasteiger charge is 2.44. The van der Waals surface area contributed by atoms with Crippen molar-refractivity contribution in [2.24, 2.45) is 5.92 Å². The predicted molar refractivity (Wildman–Crippen MR) is 118 cm³/mol.